The zero-order chi connectivity index (χ0) is 14.9. The summed E-state index contributed by atoms with van der Waals surface area (Å²) in [7, 11) is 0. The molecule has 5 heteroatoms. The van der Waals surface area contributed by atoms with E-state index < -0.39 is 6.43 Å². The summed E-state index contributed by atoms with van der Waals surface area (Å²) in [4.78, 5) is 8.56. The van der Waals surface area contributed by atoms with Gasteiger partial charge in [0.05, 0.1) is 5.69 Å². The highest BCUT2D eigenvalue weighted by molar-refractivity contribution is 6.29. The number of benzene rings is 1. The Morgan fingerprint density at radius 1 is 1.10 bits per heavy atom. The summed E-state index contributed by atoms with van der Waals surface area (Å²) in [5, 5.41) is 0.308. The van der Waals surface area contributed by atoms with Crippen molar-refractivity contribution in [1.82, 2.24) is 9.97 Å². The molecule has 0 N–H and O–H groups in total. The molecular weight excluding hydrogens is 282 g/mol. The van der Waals surface area contributed by atoms with Crippen LogP contribution in [0.2, 0.25) is 5.15 Å². The van der Waals surface area contributed by atoms with E-state index in [9.17, 15) is 8.78 Å². The molecule has 106 valence electrons. The van der Waals surface area contributed by atoms with Gasteiger partial charge in [0.2, 0.25) is 0 Å². The first-order valence-corrected chi connectivity index (χ1v) is 6.59. The summed E-state index contributed by atoms with van der Waals surface area (Å²) >= 11 is 6.01. The summed E-state index contributed by atoms with van der Waals surface area (Å²) < 4.78 is 25.5. The van der Waals surface area contributed by atoms with E-state index in [-0.39, 0.29) is 11.0 Å². The molecule has 2 rings (SSSR count). The van der Waals surface area contributed by atoms with Crippen LogP contribution in [0.1, 0.15) is 38.5 Å². The van der Waals surface area contributed by atoms with Crippen molar-refractivity contribution in [1.29, 1.82) is 0 Å². The van der Waals surface area contributed by atoms with Crippen molar-refractivity contribution in [3.8, 4) is 11.4 Å². The second-order valence-corrected chi connectivity index (χ2v) is 5.96. The number of halogens is 3. The summed E-state index contributed by atoms with van der Waals surface area (Å²) in [5.74, 6) is 0.366. The molecule has 0 amide bonds. The van der Waals surface area contributed by atoms with Gasteiger partial charge in [-0.05, 0) is 12.1 Å². The Balaban J connectivity index is 2.53. The van der Waals surface area contributed by atoms with Crippen LogP contribution in [0.15, 0.2) is 30.3 Å². The maximum absolute atomic E-state index is 12.7. The van der Waals surface area contributed by atoms with E-state index in [1.54, 1.807) is 18.2 Å². The van der Waals surface area contributed by atoms with Gasteiger partial charge in [0, 0.05) is 16.5 Å². The van der Waals surface area contributed by atoms with Crippen LogP contribution in [0.25, 0.3) is 11.4 Å². The molecule has 0 aliphatic carbocycles. The van der Waals surface area contributed by atoms with Crippen LogP contribution in [0.3, 0.4) is 0 Å². The molecule has 2 nitrogen and oxygen atoms in total. The summed E-state index contributed by atoms with van der Waals surface area (Å²) in [6, 6.07) is 7.73. The van der Waals surface area contributed by atoms with Crippen LogP contribution in [0, 0.1) is 0 Å². The van der Waals surface area contributed by atoms with Crippen LogP contribution in [-0.4, -0.2) is 9.97 Å². The second kappa shape index (κ2) is 5.44. The van der Waals surface area contributed by atoms with Crippen LogP contribution >= 0.6 is 11.6 Å². The lowest BCUT2D eigenvalue weighted by Gasteiger charge is -2.18. The Hall–Kier alpha value is -1.55. The molecule has 0 aliphatic heterocycles. The van der Waals surface area contributed by atoms with Gasteiger partial charge in [0.25, 0.3) is 6.43 Å². The molecule has 20 heavy (non-hydrogen) atoms. The lowest BCUT2D eigenvalue weighted by molar-refractivity contribution is 0.151. The quantitative estimate of drug-likeness (QED) is 0.726. The predicted molar refractivity (Wildman–Crippen MR) is 76.1 cm³/mol. The van der Waals surface area contributed by atoms with Gasteiger partial charge >= 0.3 is 0 Å². The van der Waals surface area contributed by atoms with E-state index in [4.69, 9.17) is 11.6 Å². The Labute approximate surface area is 121 Å². The number of alkyl halides is 2. The van der Waals surface area contributed by atoms with Crippen LogP contribution in [-0.2, 0) is 5.41 Å². The molecule has 0 radical (unpaired) electrons. The number of rotatable bonds is 2. The molecule has 0 unspecified atom stereocenters. The first kappa shape index (κ1) is 14.9. The monoisotopic (exact) mass is 296 g/mol. The van der Waals surface area contributed by atoms with Crippen molar-refractivity contribution in [3.05, 3.63) is 46.7 Å². The number of hydrogen-bond donors (Lipinski definition) is 0. The van der Waals surface area contributed by atoms with Gasteiger partial charge in [-0.2, -0.15) is 0 Å². The Morgan fingerprint density at radius 3 is 2.40 bits per heavy atom. The second-order valence-electron chi connectivity index (χ2n) is 5.58. The maximum atomic E-state index is 12.7. The molecule has 1 aromatic carbocycles. The molecule has 1 aromatic heterocycles. The molecular formula is C15H15ClF2N2. The molecule has 2 aromatic rings. The minimum absolute atomic E-state index is 0.0524. The van der Waals surface area contributed by atoms with Crippen LogP contribution in [0.5, 0.6) is 0 Å². The molecule has 0 bridgehead atoms. The molecule has 0 atom stereocenters. The Bertz CT molecular complexity index is 622. The summed E-state index contributed by atoms with van der Waals surface area (Å²) in [6.07, 6.45) is -2.52. The minimum Gasteiger partial charge on any atom is -0.232 e. The normalized spacial score (nSPS) is 11.9. The Morgan fingerprint density at radius 2 is 1.80 bits per heavy atom. The van der Waals surface area contributed by atoms with E-state index in [2.05, 4.69) is 9.97 Å². The SMILES string of the molecule is CC(C)(C)c1cc(Cl)nc(-c2cccc(C(F)F)c2)n1. The zero-order valence-corrected chi connectivity index (χ0v) is 12.2. The third kappa shape index (κ3) is 3.31. The zero-order valence-electron chi connectivity index (χ0n) is 11.5. The fourth-order valence-corrected chi connectivity index (χ4v) is 1.93. The smallest absolute Gasteiger partial charge is 0.232 e. The lowest BCUT2D eigenvalue weighted by Crippen LogP contribution is -2.14. The number of nitrogens with zero attached hydrogens (tertiary/aromatic N) is 2. The van der Waals surface area contributed by atoms with E-state index >= 15 is 0 Å². The predicted octanol–water partition coefficient (Wildman–Crippen LogP) is 5.03. The average Bonchev–Trinajstić information content (AvgIpc) is 2.37. The van der Waals surface area contributed by atoms with Gasteiger partial charge in [-0.1, -0.05) is 50.6 Å². The van der Waals surface area contributed by atoms with Crippen molar-refractivity contribution in [3.63, 3.8) is 0 Å². The largest absolute Gasteiger partial charge is 0.263 e. The van der Waals surface area contributed by atoms with Gasteiger partial charge in [0.1, 0.15) is 5.15 Å². The average molecular weight is 297 g/mol. The first-order valence-electron chi connectivity index (χ1n) is 6.21. The van der Waals surface area contributed by atoms with E-state index in [0.717, 1.165) is 5.69 Å². The number of aromatic nitrogens is 2. The molecule has 1 heterocycles. The van der Waals surface area contributed by atoms with Crippen molar-refractivity contribution in [2.75, 3.05) is 0 Å². The van der Waals surface area contributed by atoms with E-state index in [1.165, 1.54) is 12.1 Å². The lowest BCUT2D eigenvalue weighted by atomic mass is 9.92. The Kier molecular flexibility index (Phi) is 4.04. The van der Waals surface area contributed by atoms with Gasteiger partial charge in [-0.3, -0.25) is 0 Å². The molecule has 0 fully saturated rings. The maximum Gasteiger partial charge on any atom is 0.263 e. The molecule has 0 aliphatic rings. The van der Waals surface area contributed by atoms with Crippen molar-refractivity contribution in [2.24, 2.45) is 0 Å². The van der Waals surface area contributed by atoms with Gasteiger partial charge in [0.15, 0.2) is 5.82 Å². The molecule has 0 spiro atoms. The third-order valence-corrected chi connectivity index (χ3v) is 3.05. The van der Waals surface area contributed by atoms with Crippen LogP contribution in [0.4, 0.5) is 8.78 Å². The highest BCUT2D eigenvalue weighted by Crippen LogP contribution is 2.27. The topological polar surface area (TPSA) is 25.8 Å². The first-order chi connectivity index (χ1) is 9.27. The minimum atomic E-state index is -2.52. The summed E-state index contributed by atoms with van der Waals surface area (Å²) in [5.41, 5.74) is 1.07. The van der Waals surface area contributed by atoms with Crippen molar-refractivity contribution < 1.29 is 8.78 Å². The van der Waals surface area contributed by atoms with Crippen molar-refractivity contribution >= 4 is 11.6 Å². The fraction of sp³-hybridized carbons (Fsp3) is 0.333. The highest BCUT2D eigenvalue weighted by atomic mass is 35.5. The van der Waals surface area contributed by atoms with Gasteiger partial charge < -0.3 is 0 Å². The van der Waals surface area contributed by atoms with Gasteiger partial charge in [-0.15, -0.1) is 0 Å². The standard InChI is InChI=1S/C15H15ClF2N2/c1-15(2,3)11-8-12(16)20-14(19-11)10-6-4-5-9(7-10)13(17)18/h4-8,13H,1-3H3. The van der Waals surface area contributed by atoms with E-state index in [1.807, 2.05) is 20.8 Å². The number of hydrogen-bond acceptors (Lipinski definition) is 2. The van der Waals surface area contributed by atoms with Gasteiger partial charge in [-0.25, -0.2) is 18.7 Å². The fourth-order valence-electron chi connectivity index (χ4n) is 1.74. The van der Waals surface area contributed by atoms with Crippen LogP contribution < -0.4 is 0 Å². The van der Waals surface area contributed by atoms with Crippen molar-refractivity contribution in [2.45, 2.75) is 32.6 Å². The molecule has 0 saturated heterocycles. The molecule has 0 saturated carbocycles. The summed E-state index contributed by atoms with van der Waals surface area (Å²) in [6.45, 7) is 6.01. The highest BCUT2D eigenvalue weighted by Gasteiger charge is 2.18. The van der Waals surface area contributed by atoms with E-state index in [0.29, 0.717) is 16.5 Å². The third-order valence-electron chi connectivity index (χ3n) is 2.86.